The highest BCUT2D eigenvalue weighted by Gasteiger charge is 2.17. The fourth-order valence-electron chi connectivity index (χ4n) is 1.62. The van der Waals surface area contributed by atoms with Crippen molar-refractivity contribution in [1.29, 1.82) is 0 Å². The molecular weight excluding hydrogens is 194 g/mol. The largest absolute Gasteiger partial charge is 0.378 e. The van der Waals surface area contributed by atoms with Crippen molar-refractivity contribution in [1.82, 2.24) is 15.0 Å². The lowest BCUT2D eigenvalue weighted by molar-refractivity contribution is 0.111. The van der Waals surface area contributed by atoms with Crippen molar-refractivity contribution in [2.24, 2.45) is 0 Å². The molecule has 1 aromatic rings. The van der Waals surface area contributed by atoms with Gasteiger partial charge in [-0.1, -0.05) is 19.1 Å². The first-order chi connectivity index (χ1) is 7.28. The van der Waals surface area contributed by atoms with Gasteiger partial charge in [0.05, 0.1) is 18.3 Å². The van der Waals surface area contributed by atoms with Crippen molar-refractivity contribution < 1.29 is 9.53 Å². The lowest BCUT2D eigenvalue weighted by Crippen LogP contribution is -2.13. The summed E-state index contributed by atoms with van der Waals surface area (Å²) in [5.41, 5.74) is 1.14. The summed E-state index contributed by atoms with van der Waals surface area (Å²) in [4.78, 5) is 10.7. The summed E-state index contributed by atoms with van der Waals surface area (Å²) in [5.74, 6) is 0. The monoisotopic (exact) mass is 211 g/mol. The van der Waals surface area contributed by atoms with Gasteiger partial charge in [-0.05, 0) is 12.8 Å². The lowest BCUT2D eigenvalue weighted by Gasteiger charge is -2.15. The van der Waals surface area contributed by atoms with Crippen LogP contribution in [0, 0.1) is 0 Å². The van der Waals surface area contributed by atoms with Crippen molar-refractivity contribution in [3.05, 3.63) is 11.4 Å². The summed E-state index contributed by atoms with van der Waals surface area (Å²) in [5, 5.41) is 7.84. The van der Waals surface area contributed by atoms with Crippen LogP contribution in [-0.2, 0) is 11.3 Å². The number of methoxy groups -OCH3 is 1. The smallest absolute Gasteiger partial charge is 0.172 e. The van der Waals surface area contributed by atoms with Crippen LogP contribution in [-0.4, -0.2) is 28.4 Å². The molecule has 0 bridgehead atoms. The zero-order valence-electron chi connectivity index (χ0n) is 9.43. The molecule has 84 valence electrons. The van der Waals surface area contributed by atoms with E-state index in [9.17, 15) is 4.79 Å². The molecule has 0 amide bonds. The van der Waals surface area contributed by atoms with E-state index in [0.717, 1.165) is 24.8 Å². The maximum Gasteiger partial charge on any atom is 0.172 e. The zero-order chi connectivity index (χ0) is 11.3. The number of rotatable bonds is 6. The third kappa shape index (κ3) is 2.41. The summed E-state index contributed by atoms with van der Waals surface area (Å²) in [6, 6.07) is 0.288. The van der Waals surface area contributed by atoms with Crippen LogP contribution < -0.4 is 0 Å². The molecule has 5 heteroatoms. The van der Waals surface area contributed by atoms with Gasteiger partial charge in [-0.15, -0.1) is 5.10 Å². The molecular formula is C10H17N3O2. The van der Waals surface area contributed by atoms with Gasteiger partial charge in [-0.25, -0.2) is 4.68 Å². The van der Waals surface area contributed by atoms with Gasteiger partial charge in [-0.3, -0.25) is 4.79 Å². The molecule has 0 N–H and O–H groups in total. The van der Waals surface area contributed by atoms with E-state index in [1.54, 1.807) is 11.8 Å². The summed E-state index contributed by atoms with van der Waals surface area (Å²) in [6.45, 7) is 4.55. The van der Waals surface area contributed by atoms with Gasteiger partial charge in [0, 0.05) is 7.11 Å². The third-order valence-corrected chi connectivity index (χ3v) is 2.50. The van der Waals surface area contributed by atoms with Gasteiger partial charge in [0.25, 0.3) is 0 Å². The molecule has 15 heavy (non-hydrogen) atoms. The molecule has 1 rings (SSSR count). The molecule has 0 saturated carbocycles. The van der Waals surface area contributed by atoms with Crippen molar-refractivity contribution in [3.8, 4) is 0 Å². The quantitative estimate of drug-likeness (QED) is 0.670. The lowest BCUT2D eigenvalue weighted by atomic mass is 10.1. The fraction of sp³-hybridized carbons (Fsp3) is 0.700. The van der Waals surface area contributed by atoms with Crippen molar-refractivity contribution in [2.75, 3.05) is 7.11 Å². The Kier molecular flexibility index (Phi) is 4.42. The Morgan fingerprint density at radius 3 is 2.60 bits per heavy atom. The molecule has 0 aliphatic carbocycles. The van der Waals surface area contributed by atoms with E-state index in [4.69, 9.17) is 4.74 Å². The molecule has 0 spiro atoms. The number of nitrogens with zero attached hydrogens (tertiary/aromatic N) is 3. The van der Waals surface area contributed by atoms with Crippen LogP contribution in [0.1, 0.15) is 48.9 Å². The van der Waals surface area contributed by atoms with Crippen LogP contribution in [0.5, 0.6) is 0 Å². The predicted molar refractivity (Wildman–Crippen MR) is 55.7 cm³/mol. The fourth-order valence-corrected chi connectivity index (χ4v) is 1.62. The van der Waals surface area contributed by atoms with Gasteiger partial charge >= 0.3 is 0 Å². The Hall–Kier alpha value is -1.23. The molecule has 0 saturated heterocycles. The summed E-state index contributed by atoms with van der Waals surface area (Å²) < 4.78 is 6.85. The maximum atomic E-state index is 10.7. The minimum absolute atomic E-state index is 0.288. The van der Waals surface area contributed by atoms with Crippen LogP contribution in [0.3, 0.4) is 0 Å². The predicted octanol–water partition coefficient (Wildman–Crippen LogP) is 1.60. The average molecular weight is 211 g/mol. The topological polar surface area (TPSA) is 57.0 Å². The molecule has 0 radical (unpaired) electrons. The first-order valence-electron chi connectivity index (χ1n) is 5.16. The normalized spacial score (nSPS) is 10.9. The van der Waals surface area contributed by atoms with Crippen LogP contribution in [0.2, 0.25) is 0 Å². The van der Waals surface area contributed by atoms with E-state index in [1.165, 1.54) is 0 Å². The van der Waals surface area contributed by atoms with Crippen LogP contribution >= 0.6 is 0 Å². The molecule has 0 aliphatic rings. The van der Waals surface area contributed by atoms with E-state index in [-0.39, 0.29) is 6.04 Å². The van der Waals surface area contributed by atoms with Crippen molar-refractivity contribution in [2.45, 2.75) is 39.3 Å². The summed E-state index contributed by atoms with van der Waals surface area (Å²) in [7, 11) is 1.60. The van der Waals surface area contributed by atoms with E-state index in [1.807, 2.05) is 0 Å². The average Bonchev–Trinajstić information content (AvgIpc) is 2.64. The van der Waals surface area contributed by atoms with E-state index < -0.39 is 0 Å². The van der Waals surface area contributed by atoms with Gasteiger partial charge in [0.15, 0.2) is 12.0 Å². The van der Waals surface area contributed by atoms with Crippen molar-refractivity contribution >= 4 is 6.29 Å². The molecule has 1 heterocycles. The maximum absolute atomic E-state index is 10.7. The molecule has 5 nitrogen and oxygen atoms in total. The highest BCUT2D eigenvalue weighted by molar-refractivity contribution is 5.73. The van der Waals surface area contributed by atoms with Crippen LogP contribution in [0.25, 0.3) is 0 Å². The number of hydrogen-bond acceptors (Lipinski definition) is 4. The number of aromatic nitrogens is 3. The highest BCUT2D eigenvalue weighted by Crippen LogP contribution is 2.18. The van der Waals surface area contributed by atoms with Gasteiger partial charge in [-0.2, -0.15) is 0 Å². The first-order valence-corrected chi connectivity index (χ1v) is 5.16. The standard InChI is InChI=1S/C10H17N3O2/c1-4-8(5-2)13-10(7-15-3)9(6-14)11-12-13/h6,8H,4-5,7H2,1-3H3. The van der Waals surface area contributed by atoms with Crippen LogP contribution in [0.4, 0.5) is 0 Å². The second kappa shape index (κ2) is 5.60. The Bertz CT molecular complexity index is 318. The molecule has 0 fully saturated rings. The molecule has 0 unspecified atom stereocenters. The summed E-state index contributed by atoms with van der Waals surface area (Å²) >= 11 is 0. The van der Waals surface area contributed by atoms with Gasteiger partial charge < -0.3 is 4.74 Å². The molecule has 0 atom stereocenters. The summed E-state index contributed by atoms with van der Waals surface area (Å²) in [6.07, 6.45) is 2.66. The highest BCUT2D eigenvalue weighted by atomic mass is 16.5. The SMILES string of the molecule is CCC(CC)n1nnc(C=O)c1COC. The first kappa shape index (κ1) is 11.8. The Labute approximate surface area is 89.4 Å². The van der Waals surface area contributed by atoms with Crippen LogP contribution in [0.15, 0.2) is 0 Å². The van der Waals surface area contributed by atoms with E-state index in [0.29, 0.717) is 12.3 Å². The Morgan fingerprint density at radius 2 is 2.13 bits per heavy atom. The van der Waals surface area contributed by atoms with E-state index >= 15 is 0 Å². The molecule has 0 aromatic carbocycles. The minimum atomic E-state index is 0.288. The Morgan fingerprint density at radius 1 is 1.47 bits per heavy atom. The second-order valence-electron chi connectivity index (χ2n) is 3.39. The zero-order valence-corrected chi connectivity index (χ0v) is 9.43. The van der Waals surface area contributed by atoms with Gasteiger partial charge in [0.1, 0.15) is 0 Å². The van der Waals surface area contributed by atoms with Crippen molar-refractivity contribution in [3.63, 3.8) is 0 Å². The second-order valence-corrected chi connectivity index (χ2v) is 3.39. The van der Waals surface area contributed by atoms with E-state index in [2.05, 4.69) is 24.2 Å². The van der Waals surface area contributed by atoms with Gasteiger partial charge in [0.2, 0.25) is 0 Å². The minimum Gasteiger partial charge on any atom is -0.378 e. The third-order valence-electron chi connectivity index (χ3n) is 2.50. The number of hydrogen-bond donors (Lipinski definition) is 0. The number of carbonyl (C=O) groups excluding carboxylic acids is 1. The number of carbonyl (C=O) groups is 1. The Balaban J connectivity index is 3.05. The number of ether oxygens (including phenoxy) is 1. The molecule has 0 aliphatic heterocycles. The number of aldehydes is 1. The molecule has 1 aromatic heterocycles.